The first-order chi connectivity index (χ1) is 11.6. The Labute approximate surface area is 139 Å². The van der Waals surface area contributed by atoms with Gasteiger partial charge in [0.15, 0.2) is 6.61 Å². The first-order valence-electron chi connectivity index (χ1n) is 7.67. The Morgan fingerprint density at radius 3 is 2.75 bits per heavy atom. The number of anilines is 2. The van der Waals surface area contributed by atoms with E-state index in [1.54, 1.807) is 35.3 Å². The summed E-state index contributed by atoms with van der Waals surface area (Å²) in [6.07, 6.45) is 4.01. The molecule has 0 fully saturated rings. The van der Waals surface area contributed by atoms with Crippen molar-refractivity contribution < 1.29 is 14.3 Å². The number of rotatable bonds is 5. The molecule has 1 amide bonds. The molecule has 0 atom stereocenters. The van der Waals surface area contributed by atoms with Crippen LogP contribution in [0.4, 0.5) is 11.6 Å². The molecular formula is C17H18N4O3. The highest BCUT2D eigenvalue weighted by atomic mass is 16.5. The summed E-state index contributed by atoms with van der Waals surface area (Å²) in [7, 11) is 1.69. The van der Waals surface area contributed by atoms with Crippen molar-refractivity contribution in [3.05, 3.63) is 48.3 Å². The van der Waals surface area contributed by atoms with E-state index in [2.05, 4.69) is 9.97 Å². The lowest BCUT2D eigenvalue weighted by molar-refractivity contribution is -0.146. The average Bonchev–Trinajstić information content (AvgIpc) is 3.04. The van der Waals surface area contributed by atoms with E-state index in [9.17, 15) is 9.59 Å². The molecule has 24 heavy (non-hydrogen) atoms. The van der Waals surface area contributed by atoms with Crippen molar-refractivity contribution in [3.63, 3.8) is 0 Å². The van der Waals surface area contributed by atoms with Crippen LogP contribution in [0.15, 0.2) is 42.7 Å². The summed E-state index contributed by atoms with van der Waals surface area (Å²) in [6.45, 7) is 0.331. The molecule has 0 spiro atoms. The van der Waals surface area contributed by atoms with Gasteiger partial charge in [0, 0.05) is 31.7 Å². The van der Waals surface area contributed by atoms with Gasteiger partial charge in [-0.05, 0) is 24.1 Å². The quantitative estimate of drug-likeness (QED) is 0.765. The summed E-state index contributed by atoms with van der Waals surface area (Å²) in [4.78, 5) is 35.5. The molecule has 0 saturated carbocycles. The Morgan fingerprint density at radius 1 is 1.21 bits per heavy atom. The van der Waals surface area contributed by atoms with Crippen LogP contribution in [-0.4, -0.2) is 48.6 Å². The molecule has 0 saturated heterocycles. The highest BCUT2D eigenvalue weighted by molar-refractivity contribution is 5.97. The van der Waals surface area contributed by atoms with Gasteiger partial charge < -0.3 is 14.5 Å². The third-order valence-corrected chi connectivity index (χ3v) is 3.80. The molecule has 1 aliphatic heterocycles. The molecule has 2 aromatic rings. The Kier molecular flexibility index (Phi) is 4.69. The monoisotopic (exact) mass is 326 g/mol. The van der Waals surface area contributed by atoms with Crippen molar-refractivity contribution in [2.24, 2.45) is 0 Å². The number of esters is 1. The number of amides is 1. The molecule has 0 N–H and O–H groups in total. The van der Waals surface area contributed by atoms with Gasteiger partial charge in [0.05, 0.1) is 0 Å². The second-order valence-electron chi connectivity index (χ2n) is 5.49. The number of ether oxygens (including phenoxy) is 1. The predicted molar refractivity (Wildman–Crippen MR) is 88.8 cm³/mol. The van der Waals surface area contributed by atoms with Gasteiger partial charge in [-0.1, -0.05) is 18.2 Å². The number of benzene rings is 1. The molecule has 1 aliphatic rings. The summed E-state index contributed by atoms with van der Waals surface area (Å²) < 4.78 is 5.10. The molecule has 2 heterocycles. The molecule has 0 aliphatic carbocycles. The number of hydrogen-bond donors (Lipinski definition) is 0. The van der Waals surface area contributed by atoms with E-state index in [0.29, 0.717) is 12.5 Å². The lowest BCUT2D eigenvalue weighted by Crippen LogP contribution is -2.35. The number of nitrogens with zero attached hydrogens (tertiary/aromatic N) is 4. The highest BCUT2D eigenvalue weighted by Gasteiger charge is 2.25. The van der Waals surface area contributed by atoms with E-state index in [4.69, 9.17) is 4.74 Å². The van der Waals surface area contributed by atoms with E-state index < -0.39 is 5.97 Å². The van der Waals surface area contributed by atoms with Crippen LogP contribution in [0.2, 0.25) is 0 Å². The summed E-state index contributed by atoms with van der Waals surface area (Å²) >= 11 is 0. The van der Waals surface area contributed by atoms with Crippen LogP contribution in [0.5, 0.6) is 0 Å². The Morgan fingerprint density at radius 2 is 1.96 bits per heavy atom. The van der Waals surface area contributed by atoms with Crippen molar-refractivity contribution in [1.29, 1.82) is 0 Å². The van der Waals surface area contributed by atoms with Gasteiger partial charge in [0.25, 0.3) is 5.91 Å². The third kappa shape index (κ3) is 3.51. The smallest absolute Gasteiger partial charge is 0.326 e. The first-order valence-corrected chi connectivity index (χ1v) is 7.67. The van der Waals surface area contributed by atoms with Crippen LogP contribution < -0.4 is 9.80 Å². The van der Waals surface area contributed by atoms with Gasteiger partial charge in [-0.3, -0.25) is 9.59 Å². The maximum Gasteiger partial charge on any atom is 0.326 e. The van der Waals surface area contributed by atoms with Gasteiger partial charge in [0.2, 0.25) is 5.95 Å². The minimum absolute atomic E-state index is 0.0200. The number of para-hydroxylation sites is 1. The van der Waals surface area contributed by atoms with E-state index in [1.165, 1.54) is 0 Å². The molecule has 0 bridgehead atoms. The summed E-state index contributed by atoms with van der Waals surface area (Å²) in [5.41, 5.74) is 2.03. The van der Waals surface area contributed by atoms with E-state index in [0.717, 1.165) is 17.7 Å². The van der Waals surface area contributed by atoms with Gasteiger partial charge in [-0.25, -0.2) is 9.97 Å². The fraction of sp³-hybridized carbons (Fsp3) is 0.294. The SMILES string of the molecule is CN(CC(=O)OCC(=O)N1CCc2ccccc21)c1ncccn1. The maximum atomic E-state index is 12.3. The average molecular weight is 326 g/mol. The minimum Gasteiger partial charge on any atom is -0.454 e. The molecule has 1 aromatic heterocycles. The molecule has 0 radical (unpaired) electrons. The zero-order valence-corrected chi connectivity index (χ0v) is 13.4. The fourth-order valence-corrected chi connectivity index (χ4v) is 2.62. The lowest BCUT2D eigenvalue weighted by atomic mass is 10.2. The first kappa shape index (κ1) is 15.9. The molecule has 7 heteroatoms. The normalized spacial score (nSPS) is 12.6. The number of carbonyl (C=O) groups excluding carboxylic acids is 2. The van der Waals surface area contributed by atoms with Crippen molar-refractivity contribution in [1.82, 2.24) is 9.97 Å². The molecule has 3 rings (SSSR count). The number of fused-ring (bicyclic) bond motifs is 1. The van der Waals surface area contributed by atoms with Crippen LogP contribution >= 0.6 is 0 Å². The van der Waals surface area contributed by atoms with Crippen LogP contribution in [0.25, 0.3) is 0 Å². The lowest BCUT2D eigenvalue weighted by Gasteiger charge is -2.18. The van der Waals surface area contributed by atoms with Crippen LogP contribution in [0.3, 0.4) is 0 Å². The fourth-order valence-electron chi connectivity index (χ4n) is 2.62. The minimum atomic E-state index is -0.495. The van der Waals surface area contributed by atoms with Crippen LogP contribution in [0, 0.1) is 0 Å². The van der Waals surface area contributed by atoms with E-state index in [-0.39, 0.29) is 19.1 Å². The molecule has 7 nitrogen and oxygen atoms in total. The molecular weight excluding hydrogens is 308 g/mol. The van der Waals surface area contributed by atoms with Crippen LogP contribution in [-0.2, 0) is 20.7 Å². The second-order valence-corrected chi connectivity index (χ2v) is 5.49. The van der Waals surface area contributed by atoms with Gasteiger partial charge in [-0.2, -0.15) is 0 Å². The Hall–Kier alpha value is -2.96. The summed E-state index contributed by atoms with van der Waals surface area (Å²) in [6, 6.07) is 9.45. The molecule has 124 valence electrons. The van der Waals surface area contributed by atoms with Gasteiger partial charge in [0.1, 0.15) is 6.54 Å². The molecule has 1 aromatic carbocycles. The maximum absolute atomic E-state index is 12.3. The Bertz CT molecular complexity index is 736. The number of carbonyl (C=O) groups is 2. The third-order valence-electron chi connectivity index (χ3n) is 3.80. The topological polar surface area (TPSA) is 75.6 Å². The van der Waals surface area contributed by atoms with Crippen molar-refractivity contribution >= 4 is 23.5 Å². The largest absolute Gasteiger partial charge is 0.454 e. The number of hydrogen-bond acceptors (Lipinski definition) is 6. The standard InChI is InChI=1S/C17H18N4O3/c1-20(17-18-8-4-9-19-17)11-16(23)24-12-15(22)21-10-7-13-5-2-3-6-14(13)21/h2-6,8-9H,7,10-12H2,1H3. The zero-order valence-electron chi connectivity index (χ0n) is 13.4. The Balaban J connectivity index is 1.51. The highest BCUT2D eigenvalue weighted by Crippen LogP contribution is 2.27. The van der Waals surface area contributed by atoms with E-state index >= 15 is 0 Å². The predicted octanol–water partition coefficient (Wildman–Crippen LogP) is 1.05. The second kappa shape index (κ2) is 7.08. The summed E-state index contributed by atoms with van der Waals surface area (Å²) in [5.74, 6) is -0.285. The van der Waals surface area contributed by atoms with Crippen molar-refractivity contribution in [2.45, 2.75) is 6.42 Å². The number of aromatic nitrogens is 2. The van der Waals surface area contributed by atoms with Crippen molar-refractivity contribution in [2.75, 3.05) is 36.5 Å². The van der Waals surface area contributed by atoms with Crippen molar-refractivity contribution in [3.8, 4) is 0 Å². The van der Waals surface area contributed by atoms with Gasteiger partial charge in [-0.15, -0.1) is 0 Å². The zero-order chi connectivity index (χ0) is 16.9. The molecule has 0 unspecified atom stereocenters. The van der Waals surface area contributed by atoms with Gasteiger partial charge >= 0.3 is 5.97 Å². The van der Waals surface area contributed by atoms with E-state index in [1.807, 2.05) is 24.3 Å². The van der Waals surface area contributed by atoms with Crippen LogP contribution in [0.1, 0.15) is 5.56 Å². The number of likely N-dealkylation sites (N-methyl/N-ethyl adjacent to an activating group) is 1. The summed E-state index contributed by atoms with van der Waals surface area (Å²) in [5, 5.41) is 0.